The van der Waals surface area contributed by atoms with E-state index in [1.54, 1.807) is 7.05 Å². The van der Waals surface area contributed by atoms with E-state index in [4.69, 9.17) is 0 Å². The lowest BCUT2D eigenvalue weighted by Gasteiger charge is -1.79. The Kier molecular flexibility index (Phi) is 4.08. The molecule has 1 N–H and O–H groups in total. The normalized spacial score (nSPS) is 9.67. The van der Waals surface area contributed by atoms with E-state index in [0.29, 0.717) is 0 Å². The lowest BCUT2D eigenvalue weighted by atomic mass is 10.6. The minimum atomic E-state index is 1.00. The van der Waals surface area contributed by atoms with Gasteiger partial charge in [0.15, 0.2) is 0 Å². The monoisotopic (exact) mass is 86.1 g/mol. The van der Waals surface area contributed by atoms with Gasteiger partial charge in [0, 0.05) is 13.3 Å². The highest BCUT2D eigenvalue weighted by Crippen LogP contribution is 1.61. The van der Waals surface area contributed by atoms with E-state index in [2.05, 4.69) is 10.5 Å². The molecular weight excluding hydrogens is 76.1 g/mol. The second kappa shape index (κ2) is 4.47. The van der Waals surface area contributed by atoms with Gasteiger partial charge in [-0.15, -0.1) is 0 Å². The second-order valence-corrected chi connectivity index (χ2v) is 0.944. The Morgan fingerprint density at radius 3 is 2.67 bits per heavy atom. The fourth-order valence-electron chi connectivity index (χ4n) is 0.183. The fourth-order valence-corrected chi connectivity index (χ4v) is 0.183. The van der Waals surface area contributed by atoms with Crippen molar-refractivity contribution in [1.82, 2.24) is 5.43 Å². The topological polar surface area (TPSA) is 24.4 Å². The van der Waals surface area contributed by atoms with Crippen LogP contribution in [0.3, 0.4) is 0 Å². The average Bonchev–Trinajstić information content (AvgIpc) is 1.61. The fraction of sp³-hybridized carbons (Fsp3) is 0.750. The van der Waals surface area contributed by atoms with E-state index < -0.39 is 0 Å². The molecule has 0 radical (unpaired) electrons. The molecular formula is C4H10N2. The van der Waals surface area contributed by atoms with Crippen molar-refractivity contribution in [2.75, 3.05) is 7.05 Å². The molecule has 0 aromatic rings. The molecule has 2 heteroatoms. The van der Waals surface area contributed by atoms with Gasteiger partial charge in [-0.25, -0.2) is 0 Å². The SMILES string of the molecule is CC/C=N\NC. The highest BCUT2D eigenvalue weighted by atomic mass is 15.3. The maximum absolute atomic E-state index is 3.72. The Hall–Kier alpha value is -0.530. The third kappa shape index (κ3) is 3.47. The summed E-state index contributed by atoms with van der Waals surface area (Å²) < 4.78 is 0. The molecule has 2 nitrogen and oxygen atoms in total. The lowest BCUT2D eigenvalue weighted by molar-refractivity contribution is 0.901. The van der Waals surface area contributed by atoms with Crippen LogP contribution in [0.5, 0.6) is 0 Å². The minimum absolute atomic E-state index is 1.00. The molecule has 0 heterocycles. The number of nitrogens with zero attached hydrogens (tertiary/aromatic N) is 1. The van der Waals surface area contributed by atoms with Gasteiger partial charge < -0.3 is 5.43 Å². The van der Waals surface area contributed by atoms with Crippen molar-refractivity contribution < 1.29 is 0 Å². The summed E-state index contributed by atoms with van der Waals surface area (Å²) in [5.41, 5.74) is 2.64. The molecule has 0 saturated carbocycles. The number of hydrogen-bond donors (Lipinski definition) is 1. The van der Waals surface area contributed by atoms with E-state index in [0.717, 1.165) is 6.42 Å². The van der Waals surface area contributed by atoms with Crippen LogP contribution in [0.1, 0.15) is 13.3 Å². The zero-order valence-corrected chi connectivity index (χ0v) is 4.23. The summed E-state index contributed by atoms with van der Waals surface area (Å²) in [4.78, 5) is 0. The number of nitrogens with one attached hydrogen (secondary N) is 1. The van der Waals surface area contributed by atoms with E-state index in [9.17, 15) is 0 Å². The molecule has 0 amide bonds. The summed E-state index contributed by atoms with van der Waals surface area (Å²) >= 11 is 0. The minimum Gasteiger partial charge on any atom is -0.313 e. The third-order valence-corrected chi connectivity index (χ3v) is 0.403. The molecule has 0 fully saturated rings. The average molecular weight is 86.1 g/mol. The molecule has 0 aliphatic carbocycles. The van der Waals surface area contributed by atoms with E-state index in [-0.39, 0.29) is 0 Å². The molecule has 36 valence electrons. The second-order valence-electron chi connectivity index (χ2n) is 0.944. The molecule has 0 spiro atoms. The Bertz CT molecular complexity index is 34.8. The molecule has 6 heavy (non-hydrogen) atoms. The smallest absolute Gasteiger partial charge is 0.0239 e. The Morgan fingerprint density at radius 1 is 1.83 bits per heavy atom. The zero-order chi connectivity index (χ0) is 4.83. The van der Waals surface area contributed by atoms with Crippen molar-refractivity contribution in [2.24, 2.45) is 5.10 Å². The van der Waals surface area contributed by atoms with Crippen LogP contribution in [0.15, 0.2) is 5.10 Å². The van der Waals surface area contributed by atoms with Gasteiger partial charge in [-0.1, -0.05) is 6.92 Å². The van der Waals surface area contributed by atoms with Crippen molar-refractivity contribution in [3.05, 3.63) is 0 Å². The van der Waals surface area contributed by atoms with Crippen LogP contribution in [-0.4, -0.2) is 13.3 Å². The molecule has 0 saturated heterocycles. The summed E-state index contributed by atoms with van der Waals surface area (Å²) in [6.45, 7) is 2.04. The van der Waals surface area contributed by atoms with Crippen molar-refractivity contribution >= 4 is 6.21 Å². The summed E-state index contributed by atoms with van der Waals surface area (Å²) in [6, 6.07) is 0. The highest BCUT2D eigenvalue weighted by Gasteiger charge is 1.57. The summed E-state index contributed by atoms with van der Waals surface area (Å²) in [6.07, 6.45) is 2.82. The first-order valence-electron chi connectivity index (χ1n) is 2.10. The van der Waals surface area contributed by atoms with Crippen LogP contribution in [0.25, 0.3) is 0 Å². The van der Waals surface area contributed by atoms with Crippen LogP contribution in [-0.2, 0) is 0 Å². The summed E-state index contributed by atoms with van der Waals surface area (Å²) in [5.74, 6) is 0. The van der Waals surface area contributed by atoms with E-state index >= 15 is 0 Å². The lowest BCUT2D eigenvalue weighted by Crippen LogP contribution is -1.92. The summed E-state index contributed by atoms with van der Waals surface area (Å²) in [7, 11) is 1.78. The van der Waals surface area contributed by atoms with E-state index in [1.165, 1.54) is 0 Å². The Balaban J connectivity index is 2.73. The largest absolute Gasteiger partial charge is 0.313 e. The standard InChI is InChI=1S/C4H10N2/c1-3-4-6-5-2/h4-5H,3H2,1-2H3/b6-4-. The number of hydrazone groups is 1. The van der Waals surface area contributed by atoms with Crippen molar-refractivity contribution in [2.45, 2.75) is 13.3 Å². The third-order valence-electron chi connectivity index (χ3n) is 0.403. The van der Waals surface area contributed by atoms with Gasteiger partial charge in [0.1, 0.15) is 0 Å². The van der Waals surface area contributed by atoms with Crippen LogP contribution in [0.2, 0.25) is 0 Å². The molecule has 0 bridgehead atoms. The zero-order valence-electron chi connectivity index (χ0n) is 4.23. The van der Waals surface area contributed by atoms with Gasteiger partial charge in [-0.2, -0.15) is 5.10 Å². The van der Waals surface area contributed by atoms with Crippen LogP contribution in [0, 0.1) is 0 Å². The Morgan fingerprint density at radius 2 is 2.50 bits per heavy atom. The van der Waals surface area contributed by atoms with Crippen molar-refractivity contribution in [3.8, 4) is 0 Å². The molecule has 0 aromatic heterocycles. The van der Waals surface area contributed by atoms with Gasteiger partial charge in [-0.3, -0.25) is 0 Å². The summed E-state index contributed by atoms with van der Waals surface area (Å²) in [5, 5.41) is 3.72. The van der Waals surface area contributed by atoms with Gasteiger partial charge in [0.05, 0.1) is 0 Å². The maximum atomic E-state index is 3.72. The van der Waals surface area contributed by atoms with Crippen molar-refractivity contribution in [1.29, 1.82) is 0 Å². The molecule has 0 rings (SSSR count). The predicted molar refractivity (Wildman–Crippen MR) is 27.8 cm³/mol. The maximum Gasteiger partial charge on any atom is 0.0239 e. The van der Waals surface area contributed by atoms with Crippen molar-refractivity contribution in [3.63, 3.8) is 0 Å². The van der Waals surface area contributed by atoms with Gasteiger partial charge in [0.25, 0.3) is 0 Å². The van der Waals surface area contributed by atoms with Crippen LogP contribution < -0.4 is 5.43 Å². The first-order valence-corrected chi connectivity index (χ1v) is 2.10. The quantitative estimate of drug-likeness (QED) is 0.386. The first-order chi connectivity index (χ1) is 2.91. The molecule has 0 aromatic carbocycles. The van der Waals surface area contributed by atoms with Gasteiger partial charge in [0.2, 0.25) is 0 Å². The predicted octanol–water partition coefficient (Wildman–Crippen LogP) is 0.602. The van der Waals surface area contributed by atoms with Crippen LogP contribution >= 0.6 is 0 Å². The molecule has 0 unspecified atom stereocenters. The Labute approximate surface area is 38.2 Å². The number of rotatable bonds is 2. The molecule has 0 aliphatic rings. The highest BCUT2D eigenvalue weighted by molar-refractivity contribution is 5.55. The molecule has 0 aliphatic heterocycles. The van der Waals surface area contributed by atoms with Crippen LogP contribution in [0.4, 0.5) is 0 Å². The van der Waals surface area contributed by atoms with E-state index in [1.807, 2.05) is 13.1 Å². The van der Waals surface area contributed by atoms with Gasteiger partial charge >= 0.3 is 0 Å². The first kappa shape index (κ1) is 5.47. The van der Waals surface area contributed by atoms with Gasteiger partial charge in [-0.05, 0) is 6.42 Å². The molecule has 0 atom stereocenters. The number of hydrogen-bond acceptors (Lipinski definition) is 2.